The Labute approximate surface area is 105 Å². The summed E-state index contributed by atoms with van der Waals surface area (Å²) in [4.78, 5) is 10.8. The van der Waals surface area contributed by atoms with E-state index in [1.165, 1.54) is 5.56 Å². The molecule has 1 heterocycles. The molecule has 0 bridgehead atoms. The average Bonchev–Trinajstić information content (AvgIpc) is 2.75. The number of hydrogen-bond donors (Lipinski definition) is 0. The normalized spacial score (nSPS) is 10.6. The minimum Gasteiger partial charge on any atom is -0.378 e. The van der Waals surface area contributed by atoms with E-state index in [1.54, 1.807) is 11.8 Å². The molecule has 0 aliphatic carbocycles. The van der Waals surface area contributed by atoms with Gasteiger partial charge in [0.15, 0.2) is 12.0 Å². The van der Waals surface area contributed by atoms with Gasteiger partial charge in [0.05, 0.1) is 18.8 Å². The van der Waals surface area contributed by atoms with Crippen molar-refractivity contribution >= 4 is 6.29 Å². The Morgan fingerprint density at radius 2 is 2.06 bits per heavy atom. The second kappa shape index (κ2) is 5.55. The Bertz CT molecular complexity index is 532. The molecule has 0 spiro atoms. The predicted octanol–water partition coefficient (Wildman–Crippen LogP) is 1.59. The molecule has 0 fully saturated rings. The minimum atomic E-state index is 0.326. The molecule has 1 aromatic carbocycles. The van der Waals surface area contributed by atoms with Crippen molar-refractivity contribution in [2.45, 2.75) is 20.1 Å². The Kier molecular flexibility index (Phi) is 3.84. The van der Waals surface area contributed by atoms with Crippen molar-refractivity contribution in [2.24, 2.45) is 0 Å². The van der Waals surface area contributed by atoms with Crippen LogP contribution in [0.15, 0.2) is 24.3 Å². The van der Waals surface area contributed by atoms with Gasteiger partial charge in [-0.15, -0.1) is 5.10 Å². The van der Waals surface area contributed by atoms with E-state index >= 15 is 0 Å². The van der Waals surface area contributed by atoms with Crippen LogP contribution in [0, 0.1) is 6.92 Å². The molecule has 94 valence electrons. The third-order valence-corrected chi connectivity index (χ3v) is 2.71. The molecule has 5 heteroatoms. The van der Waals surface area contributed by atoms with Crippen LogP contribution >= 0.6 is 0 Å². The number of benzene rings is 1. The zero-order valence-corrected chi connectivity index (χ0v) is 10.5. The quantitative estimate of drug-likeness (QED) is 0.751. The van der Waals surface area contributed by atoms with Gasteiger partial charge < -0.3 is 4.74 Å². The van der Waals surface area contributed by atoms with Crippen LogP contribution < -0.4 is 0 Å². The lowest BCUT2D eigenvalue weighted by molar-refractivity contribution is 0.111. The fourth-order valence-electron chi connectivity index (χ4n) is 1.72. The van der Waals surface area contributed by atoms with Crippen LogP contribution in [-0.2, 0) is 17.9 Å². The molecule has 0 atom stereocenters. The van der Waals surface area contributed by atoms with Crippen LogP contribution in [0.4, 0.5) is 0 Å². The van der Waals surface area contributed by atoms with Crippen molar-refractivity contribution in [3.8, 4) is 0 Å². The predicted molar refractivity (Wildman–Crippen MR) is 66.4 cm³/mol. The molecule has 0 saturated carbocycles. The van der Waals surface area contributed by atoms with E-state index in [4.69, 9.17) is 4.74 Å². The van der Waals surface area contributed by atoms with Crippen LogP contribution in [0.3, 0.4) is 0 Å². The van der Waals surface area contributed by atoms with Gasteiger partial charge in [0, 0.05) is 7.11 Å². The summed E-state index contributed by atoms with van der Waals surface area (Å²) < 4.78 is 6.76. The molecule has 0 radical (unpaired) electrons. The van der Waals surface area contributed by atoms with Crippen LogP contribution in [0.25, 0.3) is 0 Å². The van der Waals surface area contributed by atoms with Crippen molar-refractivity contribution < 1.29 is 9.53 Å². The van der Waals surface area contributed by atoms with Gasteiger partial charge >= 0.3 is 0 Å². The topological polar surface area (TPSA) is 57.0 Å². The molecular formula is C13H15N3O2. The molecule has 2 aromatic rings. The number of methoxy groups -OCH3 is 1. The lowest BCUT2D eigenvalue weighted by atomic mass is 10.1. The standard InChI is InChI=1S/C13H15N3O2/c1-10-3-5-11(6-4-10)7-16-13(9-18-2)12(8-17)14-15-16/h3-6,8H,7,9H2,1-2H3. The first kappa shape index (κ1) is 12.4. The van der Waals surface area contributed by atoms with E-state index in [1.807, 2.05) is 31.2 Å². The number of hydrogen-bond acceptors (Lipinski definition) is 4. The number of aldehydes is 1. The van der Waals surface area contributed by atoms with Gasteiger partial charge in [-0.05, 0) is 12.5 Å². The maximum absolute atomic E-state index is 10.8. The Morgan fingerprint density at radius 3 is 2.67 bits per heavy atom. The molecule has 0 amide bonds. The van der Waals surface area contributed by atoms with Crippen LogP contribution in [0.2, 0.25) is 0 Å². The van der Waals surface area contributed by atoms with Crippen molar-refractivity contribution in [1.82, 2.24) is 15.0 Å². The lowest BCUT2D eigenvalue weighted by Crippen LogP contribution is -2.08. The number of rotatable bonds is 5. The molecule has 0 unspecified atom stereocenters. The van der Waals surface area contributed by atoms with Crippen molar-refractivity contribution in [1.29, 1.82) is 0 Å². The molecule has 5 nitrogen and oxygen atoms in total. The highest BCUT2D eigenvalue weighted by molar-refractivity contribution is 5.73. The summed E-state index contributed by atoms with van der Waals surface area (Å²) in [6, 6.07) is 8.16. The number of carbonyl (C=O) groups excluding carboxylic acids is 1. The molecule has 0 saturated heterocycles. The van der Waals surface area contributed by atoms with E-state index in [9.17, 15) is 4.79 Å². The van der Waals surface area contributed by atoms with Gasteiger partial charge in [0.1, 0.15) is 0 Å². The summed E-state index contributed by atoms with van der Waals surface area (Å²) in [5, 5.41) is 7.81. The second-order valence-electron chi connectivity index (χ2n) is 4.12. The maximum atomic E-state index is 10.8. The van der Waals surface area contributed by atoms with E-state index < -0.39 is 0 Å². The molecule has 0 aliphatic rings. The Hall–Kier alpha value is -2.01. The zero-order chi connectivity index (χ0) is 13.0. The van der Waals surface area contributed by atoms with Gasteiger partial charge in [-0.3, -0.25) is 4.79 Å². The van der Waals surface area contributed by atoms with E-state index in [-0.39, 0.29) is 0 Å². The van der Waals surface area contributed by atoms with Gasteiger partial charge in [-0.1, -0.05) is 35.0 Å². The number of ether oxygens (including phenoxy) is 1. The van der Waals surface area contributed by atoms with Crippen molar-refractivity contribution in [3.05, 3.63) is 46.8 Å². The Balaban J connectivity index is 2.25. The molecule has 1 aromatic heterocycles. The van der Waals surface area contributed by atoms with E-state index in [0.29, 0.717) is 30.8 Å². The van der Waals surface area contributed by atoms with Crippen LogP contribution in [-0.4, -0.2) is 28.4 Å². The molecular weight excluding hydrogens is 230 g/mol. The summed E-state index contributed by atoms with van der Waals surface area (Å²) >= 11 is 0. The number of carbonyl (C=O) groups is 1. The molecule has 0 aliphatic heterocycles. The second-order valence-corrected chi connectivity index (χ2v) is 4.12. The van der Waals surface area contributed by atoms with Gasteiger partial charge in [-0.25, -0.2) is 4.68 Å². The smallest absolute Gasteiger partial charge is 0.172 e. The summed E-state index contributed by atoms with van der Waals surface area (Å²) in [7, 11) is 1.58. The largest absolute Gasteiger partial charge is 0.378 e. The summed E-state index contributed by atoms with van der Waals surface area (Å²) in [6.07, 6.45) is 0.701. The van der Waals surface area contributed by atoms with Gasteiger partial charge in [-0.2, -0.15) is 0 Å². The van der Waals surface area contributed by atoms with Crippen molar-refractivity contribution in [3.63, 3.8) is 0 Å². The first-order chi connectivity index (χ1) is 8.74. The summed E-state index contributed by atoms with van der Waals surface area (Å²) in [5.74, 6) is 0. The lowest BCUT2D eigenvalue weighted by Gasteiger charge is -2.06. The molecule has 18 heavy (non-hydrogen) atoms. The fourth-order valence-corrected chi connectivity index (χ4v) is 1.72. The highest BCUT2D eigenvalue weighted by Crippen LogP contribution is 2.09. The third kappa shape index (κ3) is 2.62. The van der Waals surface area contributed by atoms with Gasteiger partial charge in [0.2, 0.25) is 0 Å². The highest BCUT2D eigenvalue weighted by atomic mass is 16.5. The zero-order valence-electron chi connectivity index (χ0n) is 10.5. The van der Waals surface area contributed by atoms with Crippen LogP contribution in [0.5, 0.6) is 0 Å². The average molecular weight is 245 g/mol. The maximum Gasteiger partial charge on any atom is 0.172 e. The summed E-state index contributed by atoms with van der Waals surface area (Å²) in [6.45, 7) is 2.95. The van der Waals surface area contributed by atoms with Crippen molar-refractivity contribution in [2.75, 3.05) is 7.11 Å². The number of aromatic nitrogens is 3. The van der Waals surface area contributed by atoms with Gasteiger partial charge in [0.25, 0.3) is 0 Å². The summed E-state index contributed by atoms with van der Waals surface area (Å²) in [5.41, 5.74) is 3.36. The first-order valence-corrected chi connectivity index (χ1v) is 5.66. The van der Waals surface area contributed by atoms with E-state index in [0.717, 1.165) is 5.56 Å². The SMILES string of the molecule is COCc1c(C=O)nnn1Cc1ccc(C)cc1. The number of aryl methyl sites for hydroxylation is 1. The number of nitrogens with zero attached hydrogens (tertiary/aromatic N) is 3. The monoisotopic (exact) mass is 245 g/mol. The van der Waals surface area contributed by atoms with Crippen LogP contribution in [0.1, 0.15) is 27.3 Å². The first-order valence-electron chi connectivity index (χ1n) is 5.66. The minimum absolute atomic E-state index is 0.326. The molecule has 0 N–H and O–H groups in total. The molecule has 2 rings (SSSR count). The van der Waals surface area contributed by atoms with E-state index in [2.05, 4.69) is 10.3 Å². The third-order valence-electron chi connectivity index (χ3n) is 2.71. The highest BCUT2D eigenvalue weighted by Gasteiger charge is 2.12. The fraction of sp³-hybridized carbons (Fsp3) is 0.308. The Morgan fingerprint density at radius 1 is 1.33 bits per heavy atom.